The Bertz CT molecular complexity index is 308. The van der Waals surface area contributed by atoms with Gasteiger partial charge in [0.25, 0.3) is 0 Å². The lowest BCUT2D eigenvalue weighted by molar-refractivity contribution is 0.442. The molecule has 0 amide bonds. The molecule has 0 aliphatic carbocycles. The number of halogens is 2. The molecule has 1 atom stereocenters. The van der Waals surface area contributed by atoms with Crippen LogP contribution < -0.4 is 5.73 Å². The SMILES string of the molecule is CC[C@](C)(N)c1ccc(F)cc1F. The first-order chi connectivity index (χ1) is 5.97. The van der Waals surface area contributed by atoms with Crippen molar-refractivity contribution in [1.82, 2.24) is 0 Å². The van der Waals surface area contributed by atoms with Crippen LogP contribution in [-0.2, 0) is 5.54 Å². The highest BCUT2D eigenvalue weighted by atomic mass is 19.1. The average Bonchev–Trinajstić information content (AvgIpc) is 2.03. The summed E-state index contributed by atoms with van der Waals surface area (Å²) in [6, 6.07) is 3.48. The zero-order chi connectivity index (χ0) is 10.1. The van der Waals surface area contributed by atoms with Crippen LogP contribution >= 0.6 is 0 Å². The zero-order valence-corrected chi connectivity index (χ0v) is 7.77. The van der Waals surface area contributed by atoms with E-state index in [-0.39, 0.29) is 0 Å². The van der Waals surface area contributed by atoms with E-state index in [1.807, 2.05) is 6.92 Å². The summed E-state index contributed by atoms with van der Waals surface area (Å²) in [5.41, 5.74) is 5.46. The number of hydrogen-bond acceptors (Lipinski definition) is 1. The van der Waals surface area contributed by atoms with Gasteiger partial charge in [0.15, 0.2) is 0 Å². The molecular weight excluding hydrogens is 172 g/mol. The molecule has 0 aromatic heterocycles. The van der Waals surface area contributed by atoms with E-state index in [1.165, 1.54) is 12.1 Å². The van der Waals surface area contributed by atoms with E-state index >= 15 is 0 Å². The fourth-order valence-corrected chi connectivity index (χ4v) is 1.14. The van der Waals surface area contributed by atoms with Crippen molar-refractivity contribution in [2.45, 2.75) is 25.8 Å². The largest absolute Gasteiger partial charge is 0.322 e. The summed E-state index contributed by atoms with van der Waals surface area (Å²) in [5.74, 6) is -1.15. The predicted molar refractivity (Wildman–Crippen MR) is 48.2 cm³/mol. The van der Waals surface area contributed by atoms with E-state index in [9.17, 15) is 8.78 Å². The second-order valence-corrected chi connectivity index (χ2v) is 3.40. The molecule has 1 rings (SSSR count). The second kappa shape index (κ2) is 3.42. The van der Waals surface area contributed by atoms with Gasteiger partial charge in [0, 0.05) is 17.2 Å². The van der Waals surface area contributed by atoms with E-state index in [0.29, 0.717) is 12.0 Å². The molecule has 0 aliphatic heterocycles. The van der Waals surface area contributed by atoms with Crippen LogP contribution in [0.1, 0.15) is 25.8 Å². The minimum Gasteiger partial charge on any atom is -0.322 e. The molecule has 1 aromatic carbocycles. The Labute approximate surface area is 76.6 Å². The smallest absolute Gasteiger partial charge is 0.131 e. The van der Waals surface area contributed by atoms with Gasteiger partial charge in [0.2, 0.25) is 0 Å². The number of nitrogens with two attached hydrogens (primary N) is 1. The van der Waals surface area contributed by atoms with Gasteiger partial charge in [-0.25, -0.2) is 8.78 Å². The maximum absolute atomic E-state index is 13.2. The lowest BCUT2D eigenvalue weighted by atomic mass is 9.90. The van der Waals surface area contributed by atoms with Crippen LogP contribution in [0.4, 0.5) is 8.78 Å². The predicted octanol–water partition coefficient (Wildman–Crippen LogP) is 2.55. The summed E-state index contributed by atoms with van der Waals surface area (Å²) < 4.78 is 25.8. The van der Waals surface area contributed by atoms with Gasteiger partial charge in [-0.1, -0.05) is 13.0 Å². The first-order valence-corrected chi connectivity index (χ1v) is 4.22. The van der Waals surface area contributed by atoms with E-state index in [4.69, 9.17) is 5.73 Å². The highest BCUT2D eigenvalue weighted by Gasteiger charge is 2.22. The van der Waals surface area contributed by atoms with Crippen LogP contribution in [-0.4, -0.2) is 0 Å². The van der Waals surface area contributed by atoms with Gasteiger partial charge in [-0.2, -0.15) is 0 Å². The normalized spacial score (nSPS) is 15.5. The molecule has 0 saturated carbocycles. The molecule has 0 unspecified atom stereocenters. The maximum Gasteiger partial charge on any atom is 0.131 e. The van der Waals surface area contributed by atoms with Crippen molar-refractivity contribution < 1.29 is 8.78 Å². The van der Waals surface area contributed by atoms with Gasteiger partial charge >= 0.3 is 0 Å². The summed E-state index contributed by atoms with van der Waals surface area (Å²) in [5, 5.41) is 0. The van der Waals surface area contributed by atoms with Gasteiger partial charge in [0.05, 0.1) is 0 Å². The monoisotopic (exact) mass is 185 g/mol. The first-order valence-electron chi connectivity index (χ1n) is 4.22. The molecule has 0 fully saturated rings. The molecule has 13 heavy (non-hydrogen) atoms. The van der Waals surface area contributed by atoms with Crippen LogP contribution in [0.2, 0.25) is 0 Å². The molecule has 0 spiro atoms. The minimum absolute atomic E-state index is 0.358. The lowest BCUT2D eigenvalue weighted by Gasteiger charge is -2.23. The van der Waals surface area contributed by atoms with E-state index in [0.717, 1.165) is 6.07 Å². The Morgan fingerprint density at radius 3 is 2.46 bits per heavy atom. The standard InChI is InChI=1S/C10H13F2N/c1-3-10(2,13)8-5-4-7(11)6-9(8)12/h4-6H,3,13H2,1-2H3/t10-/m0/s1. The van der Waals surface area contributed by atoms with Crippen molar-refractivity contribution in [3.8, 4) is 0 Å². The van der Waals surface area contributed by atoms with Gasteiger partial charge < -0.3 is 5.73 Å². The molecule has 1 nitrogen and oxygen atoms in total. The fourth-order valence-electron chi connectivity index (χ4n) is 1.14. The highest BCUT2D eigenvalue weighted by Crippen LogP contribution is 2.24. The summed E-state index contributed by atoms with van der Waals surface area (Å²) in [4.78, 5) is 0. The van der Waals surface area contributed by atoms with Crippen molar-refractivity contribution in [1.29, 1.82) is 0 Å². The Morgan fingerprint density at radius 1 is 1.38 bits per heavy atom. The third kappa shape index (κ3) is 2.04. The number of rotatable bonds is 2. The van der Waals surface area contributed by atoms with Crippen LogP contribution in [0.25, 0.3) is 0 Å². The quantitative estimate of drug-likeness (QED) is 0.752. The topological polar surface area (TPSA) is 26.0 Å². The summed E-state index contributed by atoms with van der Waals surface area (Å²) in [6.07, 6.45) is 0.607. The number of benzene rings is 1. The van der Waals surface area contributed by atoms with Gasteiger partial charge in [-0.3, -0.25) is 0 Å². The molecule has 0 radical (unpaired) electrons. The number of hydrogen-bond donors (Lipinski definition) is 1. The summed E-state index contributed by atoms with van der Waals surface area (Å²) >= 11 is 0. The molecular formula is C10H13F2N. The third-order valence-electron chi connectivity index (χ3n) is 2.28. The molecule has 0 saturated heterocycles. The van der Waals surface area contributed by atoms with Gasteiger partial charge in [0.1, 0.15) is 11.6 Å². The van der Waals surface area contributed by atoms with Crippen LogP contribution in [0.15, 0.2) is 18.2 Å². The van der Waals surface area contributed by atoms with Crippen molar-refractivity contribution in [3.63, 3.8) is 0 Å². The lowest BCUT2D eigenvalue weighted by Crippen LogP contribution is -2.33. The maximum atomic E-state index is 13.2. The Morgan fingerprint density at radius 2 is 2.00 bits per heavy atom. The van der Waals surface area contributed by atoms with Crippen molar-refractivity contribution in [2.24, 2.45) is 5.73 Å². The summed E-state index contributed by atoms with van der Waals surface area (Å²) in [6.45, 7) is 3.59. The van der Waals surface area contributed by atoms with Gasteiger partial charge in [-0.15, -0.1) is 0 Å². The van der Waals surface area contributed by atoms with Crippen molar-refractivity contribution >= 4 is 0 Å². The van der Waals surface area contributed by atoms with E-state index in [1.54, 1.807) is 6.92 Å². The Balaban J connectivity index is 3.16. The van der Waals surface area contributed by atoms with Crippen molar-refractivity contribution in [3.05, 3.63) is 35.4 Å². The zero-order valence-electron chi connectivity index (χ0n) is 7.77. The van der Waals surface area contributed by atoms with E-state index in [2.05, 4.69) is 0 Å². The summed E-state index contributed by atoms with van der Waals surface area (Å²) in [7, 11) is 0. The molecule has 0 heterocycles. The Kier molecular flexibility index (Phi) is 2.66. The first kappa shape index (κ1) is 10.1. The molecule has 1 aromatic rings. The second-order valence-electron chi connectivity index (χ2n) is 3.40. The van der Waals surface area contributed by atoms with Crippen molar-refractivity contribution in [2.75, 3.05) is 0 Å². The molecule has 3 heteroatoms. The van der Waals surface area contributed by atoms with Crippen LogP contribution in [0, 0.1) is 11.6 Å². The molecule has 72 valence electrons. The molecule has 0 bridgehead atoms. The molecule has 2 N–H and O–H groups in total. The third-order valence-corrected chi connectivity index (χ3v) is 2.28. The van der Waals surface area contributed by atoms with E-state index < -0.39 is 17.2 Å². The fraction of sp³-hybridized carbons (Fsp3) is 0.400. The average molecular weight is 185 g/mol. The van der Waals surface area contributed by atoms with Crippen LogP contribution in [0.3, 0.4) is 0 Å². The van der Waals surface area contributed by atoms with Crippen LogP contribution in [0.5, 0.6) is 0 Å². The molecule has 0 aliphatic rings. The minimum atomic E-state index is -0.724. The Hall–Kier alpha value is -0.960. The van der Waals surface area contributed by atoms with Gasteiger partial charge in [-0.05, 0) is 19.4 Å². The highest BCUT2D eigenvalue weighted by molar-refractivity contribution is 5.25.